The van der Waals surface area contributed by atoms with Crippen molar-refractivity contribution in [2.24, 2.45) is 0 Å². The fourth-order valence-electron chi connectivity index (χ4n) is 2.07. The molecule has 0 fully saturated rings. The standard InChI is InChI=1S/C15H27N3O2S/c1-6-14-8-7-13(12-16-2)11-15(14)21(19,20)18(5)10-9-17(3)4/h7-8,11,16H,6,9-10,12H2,1-5H3. The van der Waals surface area contributed by atoms with Crippen LogP contribution in [0.1, 0.15) is 18.1 Å². The summed E-state index contributed by atoms with van der Waals surface area (Å²) in [6.45, 7) is 3.82. The van der Waals surface area contributed by atoms with Crippen LogP contribution >= 0.6 is 0 Å². The smallest absolute Gasteiger partial charge is 0.243 e. The highest BCUT2D eigenvalue weighted by Crippen LogP contribution is 2.21. The summed E-state index contributed by atoms with van der Waals surface area (Å²) in [4.78, 5) is 2.41. The molecule has 0 spiro atoms. The van der Waals surface area contributed by atoms with Crippen molar-refractivity contribution in [3.8, 4) is 0 Å². The van der Waals surface area contributed by atoms with Crippen molar-refractivity contribution in [3.63, 3.8) is 0 Å². The van der Waals surface area contributed by atoms with E-state index in [1.807, 2.05) is 45.1 Å². The topological polar surface area (TPSA) is 52.7 Å². The van der Waals surface area contributed by atoms with Gasteiger partial charge in [-0.2, -0.15) is 4.31 Å². The number of nitrogens with zero attached hydrogens (tertiary/aromatic N) is 2. The first-order valence-electron chi connectivity index (χ1n) is 7.20. The zero-order chi connectivity index (χ0) is 16.0. The van der Waals surface area contributed by atoms with Gasteiger partial charge in [0.1, 0.15) is 0 Å². The maximum Gasteiger partial charge on any atom is 0.243 e. The van der Waals surface area contributed by atoms with E-state index < -0.39 is 10.0 Å². The Morgan fingerprint density at radius 1 is 1.14 bits per heavy atom. The number of hydrogen-bond donors (Lipinski definition) is 1. The molecule has 0 aliphatic heterocycles. The lowest BCUT2D eigenvalue weighted by atomic mass is 10.1. The summed E-state index contributed by atoms with van der Waals surface area (Å²) >= 11 is 0. The molecule has 1 N–H and O–H groups in total. The molecule has 1 aromatic carbocycles. The number of nitrogens with one attached hydrogen (secondary N) is 1. The first-order valence-corrected chi connectivity index (χ1v) is 8.64. The highest BCUT2D eigenvalue weighted by atomic mass is 32.2. The molecular formula is C15H27N3O2S. The fourth-order valence-corrected chi connectivity index (χ4v) is 3.58. The third-order valence-corrected chi connectivity index (χ3v) is 5.38. The molecule has 0 aromatic heterocycles. The van der Waals surface area contributed by atoms with E-state index in [9.17, 15) is 8.42 Å². The van der Waals surface area contributed by atoms with Gasteiger partial charge in [-0.25, -0.2) is 8.42 Å². The van der Waals surface area contributed by atoms with Gasteiger partial charge in [0.05, 0.1) is 4.90 Å². The molecule has 0 aliphatic carbocycles. The molecule has 21 heavy (non-hydrogen) atoms. The van der Waals surface area contributed by atoms with E-state index in [0.29, 0.717) is 31.0 Å². The molecule has 0 heterocycles. The maximum absolute atomic E-state index is 12.8. The SMILES string of the molecule is CCc1ccc(CNC)cc1S(=O)(=O)N(C)CCN(C)C. The minimum atomic E-state index is -3.44. The van der Waals surface area contributed by atoms with Gasteiger partial charge in [-0.3, -0.25) is 0 Å². The maximum atomic E-state index is 12.8. The average Bonchev–Trinajstić information content (AvgIpc) is 2.44. The molecule has 6 heteroatoms. The van der Waals surface area contributed by atoms with Gasteiger partial charge in [-0.15, -0.1) is 0 Å². The molecular weight excluding hydrogens is 286 g/mol. The Morgan fingerprint density at radius 2 is 1.81 bits per heavy atom. The summed E-state index contributed by atoms with van der Waals surface area (Å²) in [5.41, 5.74) is 1.85. The largest absolute Gasteiger partial charge is 0.316 e. The second kappa shape index (κ2) is 7.89. The zero-order valence-electron chi connectivity index (χ0n) is 13.7. The molecule has 0 amide bonds. The molecule has 1 aromatic rings. The van der Waals surface area contributed by atoms with Gasteiger partial charge in [0.25, 0.3) is 0 Å². The van der Waals surface area contributed by atoms with Crippen LogP contribution in [0, 0.1) is 0 Å². The predicted octanol–water partition coefficient (Wildman–Crippen LogP) is 1.15. The molecule has 0 radical (unpaired) electrons. The van der Waals surface area contributed by atoms with Crippen LogP contribution in [0.15, 0.2) is 23.1 Å². The van der Waals surface area contributed by atoms with Crippen LogP contribution in [0.2, 0.25) is 0 Å². The normalized spacial score (nSPS) is 12.3. The van der Waals surface area contributed by atoms with Crippen LogP contribution in [0.5, 0.6) is 0 Å². The van der Waals surface area contributed by atoms with Crippen LogP contribution in [-0.2, 0) is 23.0 Å². The third-order valence-electron chi connectivity index (χ3n) is 3.44. The molecule has 1 rings (SSSR count). The first kappa shape index (κ1) is 18.1. The molecule has 120 valence electrons. The van der Waals surface area contributed by atoms with Gasteiger partial charge >= 0.3 is 0 Å². The van der Waals surface area contributed by atoms with Crippen molar-refractivity contribution >= 4 is 10.0 Å². The van der Waals surface area contributed by atoms with E-state index in [0.717, 1.165) is 11.1 Å². The zero-order valence-corrected chi connectivity index (χ0v) is 14.5. The molecule has 0 bridgehead atoms. The summed E-state index contributed by atoms with van der Waals surface area (Å²) in [6.07, 6.45) is 0.704. The summed E-state index contributed by atoms with van der Waals surface area (Å²) < 4.78 is 27.0. The van der Waals surface area contributed by atoms with Crippen molar-refractivity contribution in [1.82, 2.24) is 14.5 Å². The third kappa shape index (κ3) is 4.78. The highest BCUT2D eigenvalue weighted by molar-refractivity contribution is 7.89. The molecule has 0 aliphatic rings. The lowest BCUT2D eigenvalue weighted by molar-refractivity contribution is 0.358. The van der Waals surface area contributed by atoms with Crippen molar-refractivity contribution in [1.29, 1.82) is 0 Å². The molecule has 0 saturated heterocycles. The Kier molecular flexibility index (Phi) is 6.80. The van der Waals surface area contributed by atoms with Gasteiger partial charge in [-0.05, 0) is 44.8 Å². The van der Waals surface area contributed by atoms with E-state index in [2.05, 4.69) is 5.32 Å². The number of benzene rings is 1. The van der Waals surface area contributed by atoms with Crippen LogP contribution < -0.4 is 5.32 Å². The van der Waals surface area contributed by atoms with E-state index in [1.54, 1.807) is 13.1 Å². The lowest BCUT2D eigenvalue weighted by Crippen LogP contribution is -2.34. The summed E-state index contributed by atoms with van der Waals surface area (Å²) in [5.74, 6) is 0. The van der Waals surface area contributed by atoms with Gasteiger partial charge in [0, 0.05) is 26.7 Å². The number of likely N-dealkylation sites (N-methyl/N-ethyl adjacent to an activating group) is 2. The predicted molar refractivity (Wildman–Crippen MR) is 87.0 cm³/mol. The van der Waals surface area contributed by atoms with E-state index in [4.69, 9.17) is 0 Å². The fraction of sp³-hybridized carbons (Fsp3) is 0.600. The Morgan fingerprint density at radius 3 is 2.33 bits per heavy atom. The number of sulfonamides is 1. The summed E-state index contributed by atoms with van der Waals surface area (Å²) in [5, 5.41) is 3.05. The van der Waals surface area contributed by atoms with Gasteiger partial charge in [0.2, 0.25) is 10.0 Å². The molecule has 0 saturated carbocycles. The van der Waals surface area contributed by atoms with Crippen molar-refractivity contribution < 1.29 is 8.42 Å². The van der Waals surface area contributed by atoms with Crippen LogP contribution in [-0.4, -0.2) is 58.9 Å². The van der Waals surface area contributed by atoms with E-state index >= 15 is 0 Å². The number of aryl methyl sites for hydroxylation is 1. The minimum absolute atomic E-state index is 0.430. The van der Waals surface area contributed by atoms with Crippen molar-refractivity contribution in [2.45, 2.75) is 24.8 Å². The van der Waals surface area contributed by atoms with Crippen LogP contribution in [0.4, 0.5) is 0 Å². The number of rotatable bonds is 8. The Balaban J connectivity index is 3.12. The monoisotopic (exact) mass is 313 g/mol. The van der Waals surface area contributed by atoms with E-state index in [-0.39, 0.29) is 0 Å². The lowest BCUT2D eigenvalue weighted by Gasteiger charge is -2.21. The quantitative estimate of drug-likeness (QED) is 0.782. The second-order valence-corrected chi connectivity index (χ2v) is 7.47. The van der Waals surface area contributed by atoms with Crippen LogP contribution in [0.25, 0.3) is 0 Å². The first-order chi connectivity index (χ1) is 9.82. The van der Waals surface area contributed by atoms with Crippen molar-refractivity contribution in [3.05, 3.63) is 29.3 Å². The highest BCUT2D eigenvalue weighted by Gasteiger charge is 2.23. The summed E-state index contributed by atoms with van der Waals surface area (Å²) in [7, 11) is 3.93. The molecule has 0 unspecified atom stereocenters. The van der Waals surface area contributed by atoms with Crippen molar-refractivity contribution in [2.75, 3.05) is 41.3 Å². The minimum Gasteiger partial charge on any atom is -0.316 e. The van der Waals surface area contributed by atoms with Gasteiger partial charge in [-0.1, -0.05) is 19.1 Å². The Labute approximate surface area is 129 Å². The van der Waals surface area contributed by atoms with E-state index in [1.165, 1.54) is 4.31 Å². The molecule has 0 atom stereocenters. The summed E-state index contributed by atoms with van der Waals surface area (Å²) in [6, 6.07) is 5.68. The Hall–Kier alpha value is -0.950. The average molecular weight is 313 g/mol. The number of hydrogen-bond acceptors (Lipinski definition) is 4. The second-order valence-electron chi connectivity index (χ2n) is 5.46. The van der Waals surface area contributed by atoms with Gasteiger partial charge in [0.15, 0.2) is 0 Å². The Bertz CT molecular complexity index is 556. The van der Waals surface area contributed by atoms with Gasteiger partial charge < -0.3 is 10.2 Å². The molecule has 5 nitrogen and oxygen atoms in total. The van der Waals surface area contributed by atoms with Crippen LogP contribution in [0.3, 0.4) is 0 Å².